The summed E-state index contributed by atoms with van der Waals surface area (Å²) in [4.78, 5) is 7.08. The number of hydrogen-bond acceptors (Lipinski definition) is 3. The maximum absolute atomic E-state index is 4.52. The number of hydrogen-bond donors (Lipinski definition) is 1. The normalized spacial score (nSPS) is 18.3. The van der Waals surface area contributed by atoms with Crippen LogP contribution in [0.25, 0.3) is 0 Å². The molecule has 114 valence electrons. The van der Waals surface area contributed by atoms with E-state index in [1.165, 1.54) is 24.0 Å². The van der Waals surface area contributed by atoms with Crippen molar-refractivity contribution in [3.63, 3.8) is 0 Å². The maximum atomic E-state index is 4.52. The maximum Gasteiger partial charge on any atom is 0.130 e. The molecule has 2 heterocycles. The largest absolute Gasteiger partial charge is 0.366 e. The fourth-order valence-corrected chi connectivity index (χ4v) is 3.19. The van der Waals surface area contributed by atoms with Crippen LogP contribution in [0, 0.1) is 0 Å². The molecule has 0 spiro atoms. The summed E-state index contributed by atoms with van der Waals surface area (Å²) in [6.07, 6.45) is 6.16. The molecule has 3 rings (SSSR count). The Morgan fingerprint density at radius 3 is 2.91 bits per heavy atom. The highest BCUT2D eigenvalue weighted by Crippen LogP contribution is 2.35. The van der Waals surface area contributed by atoms with Crippen LogP contribution < -0.4 is 5.32 Å². The average Bonchev–Trinajstić information content (AvgIpc) is 3.02. The number of anilines is 1. The number of nitrogens with one attached hydrogen (secondary N) is 1. The molecule has 1 atom stereocenters. The second kappa shape index (κ2) is 7.23. The van der Waals surface area contributed by atoms with Crippen LogP contribution >= 0.6 is 0 Å². The summed E-state index contributed by atoms with van der Waals surface area (Å²) in [7, 11) is 0. The van der Waals surface area contributed by atoms with Crippen molar-refractivity contribution < 1.29 is 0 Å². The number of rotatable bonds is 6. The van der Waals surface area contributed by atoms with Crippen LogP contribution in [0.2, 0.25) is 0 Å². The first-order valence-electron chi connectivity index (χ1n) is 7.96. The predicted octanol–water partition coefficient (Wildman–Crippen LogP) is 4.02. The molecule has 0 saturated carbocycles. The Hall–Kier alpha value is -2.13. The SMILES string of the molecule is C=CCNc1ncccc1C1CCCN1Cc1ccccc1. The molecule has 1 unspecified atom stereocenters. The molecular weight excluding hydrogens is 270 g/mol. The lowest BCUT2D eigenvalue weighted by Crippen LogP contribution is -2.23. The van der Waals surface area contributed by atoms with E-state index in [1.807, 2.05) is 18.3 Å². The zero-order chi connectivity index (χ0) is 15.2. The molecule has 1 aliphatic heterocycles. The topological polar surface area (TPSA) is 28.2 Å². The van der Waals surface area contributed by atoms with Gasteiger partial charge in [-0.25, -0.2) is 4.98 Å². The summed E-state index contributed by atoms with van der Waals surface area (Å²) < 4.78 is 0. The van der Waals surface area contributed by atoms with E-state index in [0.29, 0.717) is 6.04 Å². The average molecular weight is 293 g/mol. The molecule has 0 bridgehead atoms. The third kappa shape index (κ3) is 3.37. The van der Waals surface area contributed by atoms with Crippen molar-refractivity contribution in [2.75, 3.05) is 18.4 Å². The van der Waals surface area contributed by atoms with Crippen LogP contribution in [0.3, 0.4) is 0 Å². The molecule has 3 nitrogen and oxygen atoms in total. The molecule has 1 aromatic heterocycles. The molecule has 1 aliphatic rings. The van der Waals surface area contributed by atoms with Crippen molar-refractivity contribution in [1.29, 1.82) is 0 Å². The summed E-state index contributed by atoms with van der Waals surface area (Å²) in [5, 5.41) is 3.37. The van der Waals surface area contributed by atoms with Gasteiger partial charge in [0.15, 0.2) is 0 Å². The zero-order valence-corrected chi connectivity index (χ0v) is 12.9. The monoisotopic (exact) mass is 293 g/mol. The molecule has 22 heavy (non-hydrogen) atoms. The quantitative estimate of drug-likeness (QED) is 0.815. The van der Waals surface area contributed by atoms with Gasteiger partial charge in [-0.15, -0.1) is 6.58 Å². The van der Waals surface area contributed by atoms with Gasteiger partial charge in [-0.05, 0) is 31.0 Å². The molecule has 1 aromatic carbocycles. The summed E-state index contributed by atoms with van der Waals surface area (Å²) >= 11 is 0. The van der Waals surface area contributed by atoms with Crippen LogP contribution in [-0.2, 0) is 6.54 Å². The number of benzene rings is 1. The van der Waals surface area contributed by atoms with Gasteiger partial charge in [0, 0.05) is 30.9 Å². The first-order chi connectivity index (χ1) is 10.9. The molecule has 1 N–H and O–H groups in total. The zero-order valence-electron chi connectivity index (χ0n) is 12.9. The van der Waals surface area contributed by atoms with Gasteiger partial charge in [0.2, 0.25) is 0 Å². The lowest BCUT2D eigenvalue weighted by molar-refractivity contribution is 0.249. The van der Waals surface area contributed by atoms with Crippen molar-refractivity contribution in [2.24, 2.45) is 0 Å². The fraction of sp³-hybridized carbons (Fsp3) is 0.316. The molecule has 2 aromatic rings. The molecule has 0 amide bonds. The highest BCUT2D eigenvalue weighted by atomic mass is 15.2. The van der Waals surface area contributed by atoms with Crippen molar-refractivity contribution in [3.8, 4) is 0 Å². The minimum atomic E-state index is 0.446. The Morgan fingerprint density at radius 1 is 1.23 bits per heavy atom. The molecular formula is C19H23N3. The Labute approximate surface area is 132 Å². The van der Waals surface area contributed by atoms with Gasteiger partial charge in [-0.1, -0.05) is 42.5 Å². The van der Waals surface area contributed by atoms with Crippen LogP contribution in [0.5, 0.6) is 0 Å². The highest BCUT2D eigenvalue weighted by molar-refractivity contribution is 5.46. The predicted molar refractivity (Wildman–Crippen MR) is 91.8 cm³/mol. The Balaban J connectivity index is 1.79. The molecule has 0 radical (unpaired) electrons. The number of likely N-dealkylation sites (tertiary alicyclic amines) is 1. The lowest BCUT2D eigenvalue weighted by Gasteiger charge is -2.26. The van der Waals surface area contributed by atoms with Crippen molar-refractivity contribution in [2.45, 2.75) is 25.4 Å². The first kappa shape index (κ1) is 14.8. The summed E-state index contributed by atoms with van der Waals surface area (Å²) in [5.41, 5.74) is 2.68. The van der Waals surface area contributed by atoms with Crippen molar-refractivity contribution in [3.05, 3.63) is 72.4 Å². The van der Waals surface area contributed by atoms with E-state index in [2.05, 4.69) is 58.2 Å². The first-order valence-corrected chi connectivity index (χ1v) is 7.96. The second-order valence-electron chi connectivity index (χ2n) is 5.72. The molecule has 0 aliphatic carbocycles. The number of aromatic nitrogens is 1. The molecule has 3 heteroatoms. The van der Waals surface area contributed by atoms with Crippen LogP contribution in [0.1, 0.15) is 30.0 Å². The number of nitrogens with zero attached hydrogens (tertiary/aromatic N) is 2. The van der Waals surface area contributed by atoms with Gasteiger partial charge in [-0.2, -0.15) is 0 Å². The lowest BCUT2D eigenvalue weighted by atomic mass is 10.0. The minimum absolute atomic E-state index is 0.446. The van der Waals surface area contributed by atoms with E-state index in [0.717, 1.165) is 25.5 Å². The Morgan fingerprint density at radius 2 is 2.09 bits per heavy atom. The van der Waals surface area contributed by atoms with Crippen LogP contribution in [0.15, 0.2) is 61.3 Å². The molecule has 1 saturated heterocycles. The Kier molecular flexibility index (Phi) is 4.86. The second-order valence-corrected chi connectivity index (χ2v) is 5.72. The minimum Gasteiger partial charge on any atom is -0.366 e. The van der Waals surface area contributed by atoms with E-state index in [4.69, 9.17) is 0 Å². The van der Waals surface area contributed by atoms with Gasteiger partial charge in [0.1, 0.15) is 5.82 Å². The smallest absolute Gasteiger partial charge is 0.130 e. The van der Waals surface area contributed by atoms with Crippen molar-refractivity contribution in [1.82, 2.24) is 9.88 Å². The van der Waals surface area contributed by atoms with Gasteiger partial charge >= 0.3 is 0 Å². The summed E-state index contributed by atoms with van der Waals surface area (Å²) in [6.45, 7) is 6.67. The van der Waals surface area contributed by atoms with E-state index in [1.54, 1.807) is 0 Å². The third-order valence-electron chi connectivity index (χ3n) is 4.20. The van der Waals surface area contributed by atoms with Crippen LogP contribution in [0.4, 0.5) is 5.82 Å². The van der Waals surface area contributed by atoms with Gasteiger partial charge in [-0.3, -0.25) is 4.90 Å². The van der Waals surface area contributed by atoms with E-state index in [-0.39, 0.29) is 0 Å². The fourth-order valence-electron chi connectivity index (χ4n) is 3.19. The number of pyridine rings is 1. The third-order valence-corrected chi connectivity index (χ3v) is 4.20. The van der Waals surface area contributed by atoms with Gasteiger partial charge in [0.05, 0.1) is 0 Å². The Bertz CT molecular complexity index is 609. The van der Waals surface area contributed by atoms with Crippen LogP contribution in [-0.4, -0.2) is 23.0 Å². The molecule has 1 fully saturated rings. The van der Waals surface area contributed by atoms with Gasteiger partial charge in [0.25, 0.3) is 0 Å². The van der Waals surface area contributed by atoms with E-state index >= 15 is 0 Å². The standard InChI is InChI=1S/C19H23N3/c1-2-12-20-19-17(10-6-13-21-19)18-11-7-14-22(18)15-16-8-4-3-5-9-16/h2-6,8-10,13,18H,1,7,11-12,14-15H2,(H,20,21). The van der Waals surface area contributed by atoms with Gasteiger partial charge < -0.3 is 5.32 Å². The van der Waals surface area contributed by atoms with Crippen molar-refractivity contribution >= 4 is 5.82 Å². The summed E-state index contributed by atoms with van der Waals surface area (Å²) in [5.74, 6) is 0.993. The van der Waals surface area contributed by atoms with E-state index < -0.39 is 0 Å². The van der Waals surface area contributed by atoms with E-state index in [9.17, 15) is 0 Å². The highest BCUT2D eigenvalue weighted by Gasteiger charge is 2.28. The summed E-state index contributed by atoms with van der Waals surface area (Å²) in [6, 6.07) is 15.4.